The number of piperidine rings is 2. The smallest absolute Gasteiger partial charge is 0.410 e. The van der Waals surface area contributed by atoms with Gasteiger partial charge >= 0.3 is 12.2 Å². The van der Waals surface area contributed by atoms with Crippen molar-refractivity contribution < 1.29 is 28.7 Å². The topological polar surface area (TPSA) is 106 Å². The van der Waals surface area contributed by atoms with E-state index < -0.39 is 0 Å². The minimum Gasteiger partial charge on any atom is -0.445 e. The van der Waals surface area contributed by atoms with Crippen LogP contribution in [0.5, 0.6) is 0 Å². The maximum Gasteiger partial charge on any atom is 0.410 e. The molecule has 12 heteroatoms. The lowest BCUT2D eigenvalue weighted by molar-refractivity contribution is -0.136. The second kappa shape index (κ2) is 26.6. The van der Waals surface area contributed by atoms with Crippen LogP contribution in [0.15, 0.2) is 109 Å². The molecule has 4 amide bonds. The number of amides is 4. The lowest BCUT2D eigenvalue weighted by Crippen LogP contribution is -2.50. The number of carbonyl (C=O) groups is 4. The fraction of sp³-hybridized carbons (Fsp3) is 0.629. The molecule has 3 aromatic rings. The van der Waals surface area contributed by atoms with Crippen LogP contribution in [0, 0.1) is 41.4 Å². The van der Waals surface area contributed by atoms with Crippen molar-refractivity contribution in [3.8, 4) is 0 Å². The fourth-order valence-electron chi connectivity index (χ4n) is 16.0. The summed E-state index contributed by atoms with van der Waals surface area (Å²) in [5, 5.41) is 0. The quantitative estimate of drug-likeness (QED) is 0.124. The molecule has 8 atom stereocenters. The highest BCUT2D eigenvalue weighted by atomic mass is 16.6. The van der Waals surface area contributed by atoms with Gasteiger partial charge in [0.1, 0.15) is 13.2 Å². The highest BCUT2D eigenvalue weighted by molar-refractivity contribution is 5.80. The number of allylic oxidation sites excluding steroid dienone is 3. The molecule has 3 aromatic carbocycles. The van der Waals surface area contributed by atoms with Crippen LogP contribution in [0.2, 0.25) is 0 Å². The van der Waals surface area contributed by atoms with Crippen LogP contribution < -0.4 is 0 Å². The van der Waals surface area contributed by atoms with E-state index in [0.717, 1.165) is 179 Å². The summed E-state index contributed by atoms with van der Waals surface area (Å²) in [5.41, 5.74) is 6.15. The van der Waals surface area contributed by atoms with Gasteiger partial charge < -0.3 is 38.9 Å². The number of hydrogen-bond donors (Lipinski definition) is 0. The molecule has 4 unspecified atom stereocenters. The molecule has 4 aliphatic heterocycles. The van der Waals surface area contributed by atoms with Gasteiger partial charge in [0.15, 0.2) is 0 Å². The Morgan fingerprint density at radius 3 is 1.77 bits per heavy atom. The van der Waals surface area contributed by atoms with Crippen LogP contribution in [0.3, 0.4) is 0 Å². The van der Waals surface area contributed by atoms with Gasteiger partial charge in [-0.15, -0.1) is 0 Å². The summed E-state index contributed by atoms with van der Waals surface area (Å²) in [6.45, 7) is 12.5. The Bertz CT molecular complexity index is 2690. The highest BCUT2D eigenvalue weighted by Crippen LogP contribution is 2.44. The van der Waals surface area contributed by atoms with Gasteiger partial charge in [-0.3, -0.25) is 9.59 Å². The third-order valence-electron chi connectivity index (χ3n) is 21.1. The van der Waals surface area contributed by atoms with Gasteiger partial charge in [-0.2, -0.15) is 0 Å². The van der Waals surface area contributed by atoms with E-state index in [4.69, 9.17) is 9.47 Å². The Labute approximate surface area is 490 Å². The van der Waals surface area contributed by atoms with E-state index in [-0.39, 0.29) is 48.1 Å². The van der Waals surface area contributed by atoms with Crippen molar-refractivity contribution in [2.45, 2.75) is 166 Å². The van der Waals surface area contributed by atoms with Crippen molar-refractivity contribution in [2.24, 2.45) is 41.4 Å². The second-order valence-corrected chi connectivity index (χ2v) is 26.9. The van der Waals surface area contributed by atoms with Crippen molar-refractivity contribution in [3.63, 3.8) is 0 Å². The van der Waals surface area contributed by atoms with Crippen molar-refractivity contribution in [1.29, 1.82) is 0 Å². The third-order valence-corrected chi connectivity index (χ3v) is 21.1. The van der Waals surface area contributed by atoms with E-state index in [1.807, 2.05) is 60.7 Å². The predicted molar refractivity (Wildman–Crippen MR) is 322 cm³/mol. The molecule has 4 heterocycles. The predicted octanol–water partition coefficient (Wildman–Crippen LogP) is 12.5. The molecule has 12 rings (SSSR count). The van der Waals surface area contributed by atoms with Crippen LogP contribution in [-0.4, -0.2) is 144 Å². The first-order chi connectivity index (χ1) is 40.2. The summed E-state index contributed by atoms with van der Waals surface area (Å²) in [6, 6.07) is 30.0. The van der Waals surface area contributed by atoms with E-state index in [0.29, 0.717) is 60.5 Å². The molecule has 9 aliphatic rings. The van der Waals surface area contributed by atoms with Gasteiger partial charge in [0, 0.05) is 114 Å². The summed E-state index contributed by atoms with van der Waals surface area (Å²) < 4.78 is 11.9. The summed E-state index contributed by atoms with van der Waals surface area (Å²) in [5.74, 6) is 3.59. The molecule has 0 radical (unpaired) electrons. The number of carbonyl (C=O) groups excluding carboxylic acids is 4. The molecule has 0 bridgehead atoms. The molecule has 0 aromatic heterocycles. The monoisotopic (exact) mass is 1110 g/mol. The van der Waals surface area contributed by atoms with Crippen molar-refractivity contribution in [2.75, 3.05) is 72.0 Å². The van der Waals surface area contributed by atoms with Crippen LogP contribution in [0.4, 0.5) is 9.59 Å². The lowest BCUT2D eigenvalue weighted by atomic mass is 9.76. The molecule has 82 heavy (non-hydrogen) atoms. The molecule has 0 N–H and O–H groups in total. The Balaban J connectivity index is 0.680. The molecule has 0 spiro atoms. The van der Waals surface area contributed by atoms with Crippen LogP contribution in [-0.2, 0) is 32.3 Å². The molecule has 5 aliphatic carbocycles. The first-order valence-electron chi connectivity index (χ1n) is 32.6. The van der Waals surface area contributed by atoms with E-state index in [1.54, 1.807) is 0 Å². The number of rotatable bonds is 18. The van der Waals surface area contributed by atoms with Crippen molar-refractivity contribution in [1.82, 2.24) is 29.4 Å². The maximum atomic E-state index is 15.0. The van der Waals surface area contributed by atoms with Crippen molar-refractivity contribution >= 4 is 24.0 Å². The van der Waals surface area contributed by atoms with E-state index in [2.05, 4.69) is 78.8 Å². The number of likely N-dealkylation sites (tertiary alicyclic amines) is 4. The fourth-order valence-corrected chi connectivity index (χ4v) is 16.0. The van der Waals surface area contributed by atoms with E-state index >= 15 is 0 Å². The zero-order valence-corrected chi connectivity index (χ0v) is 49.3. The summed E-state index contributed by atoms with van der Waals surface area (Å²) in [7, 11) is 0. The molecule has 4 saturated heterocycles. The highest BCUT2D eigenvalue weighted by Gasteiger charge is 2.47. The van der Waals surface area contributed by atoms with E-state index in [9.17, 15) is 19.2 Å². The van der Waals surface area contributed by atoms with Gasteiger partial charge in [0.2, 0.25) is 11.8 Å². The number of benzene rings is 3. The standard InChI is InChI=1S/C70H94N6O6/c1-50-38-66(50)76(70(80)82-49-53-18-8-3-9-19-53)63-32-36-72(37-33-63)42-60-44-74(46-64(60)54-20-10-4-11-21-54)68(78)59-27-15-25-57(40-59)56-24-14-26-58(39-56)65-47-73(67(77)55-22-12-5-13-23-55)45-61(65)43-71-34-30-62(31-35-71)75(41-51-28-29-51)69(79)81-48-52-16-6-2-7-17-52/h2-3,6-10,14,16-21,24,26,39,50-51,55,57,59-66H,4-5,11-13,15,22-23,25,27-38,40-49H2,1H3/t50?,57?,59?,60-,61-,64+,65+,66?/m0/s1. The lowest BCUT2D eigenvalue weighted by Gasteiger charge is -2.39. The molecule has 4 saturated carbocycles. The first-order valence-corrected chi connectivity index (χ1v) is 32.6. The summed E-state index contributed by atoms with van der Waals surface area (Å²) in [4.78, 5) is 70.6. The zero-order chi connectivity index (χ0) is 55.9. The Kier molecular flexibility index (Phi) is 18.5. The summed E-state index contributed by atoms with van der Waals surface area (Å²) >= 11 is 0. The van der Waals surface area contributed by atoms with Gasteiger partial charge in [-0.25, -0.2) is 9.59 Å². The number of hydrogen-bond acceptors (Lipinski definition) is 8. The summed E-state index contributed by atoms with van der Waals surface area (Å²) in [6.07, 6.45) is 25.7. The van der Waals surface area contributed by atoms with Crippen LogP contribution in [0.25, 0.3) is 0 Å². The minimum atomic E-state index is -0.175. The number of ether oxygens (including phenoxy) is 2. The zero-order valence-electron chi connectivity index (χ0n) is 49.3. The average molecular weight is 1120 g/mol. The average Bonchev–Trinajstić information content (AvgIpc) is 4.48. The third kappa shape index (κ3) is 14.0. The first kappa shape index (κ1) is 57.0. The largest absolute Gasteiger partial charge is 0.445 e. The second-order valence-electron chi connectivity index (χ2n) is 26.9. The molecule has 440 valence electrons. The molecule has 12 nitrogen and oxygen atoms in total. The molecular weight excluding hydrogens is 1020 g/mol. The van der Waals surface area contributed by atoms with Gasteiger partial charge in [0.05, 0.1) is 0 Å². The molecular formula is C70H94N6O6. The Morgan fingerprint density at radius 1 is 0.561 bits per heavy atom. The Morgan fingerprint density at radius 2 is 1.15 bits per heavy atom. The van der Waals surface area contributed by atoms with Crippen LogP contribution in [0.1, 0.15) is 157 Å². The maximum absolute atomic E-state index is 15.0. The number of nitrogens with zero attached hydrogens (tertiary/aromatic N) is 6. The van der Waals surface area contributed by atoms with Gasteiger partial charge in [-0.05, 0) is 147 Å². The van der Waals surface area contributed by atoms with E-state index in [1.165, 1.54) is 36.0 Å². The normalized spacial score (nSPS) is 28.6. The van der Waals surface area contributed by atoms with Crippen LogP contribution >= 0.6 is 0 Å². The SMILES string of the molecule is CC1CC1N(C(=O)OCc1ccccc1)C1CCN(C[C@H]2CN(C(=O)C3CCCC(c4cccc([C@H]5CN(C(=O)C6CCCCC6)C[C@@H]5CN5CCC(N(CC6CC6)C(=O)OCc6ccccc6)CC5)c4)C3)C[C@@H]2C2=CCCC=C2)CC1. The minimum absolute atomic E-state index is 0.0163. The van der Waals surface area contributed by atoms with Crippen molar-refractivity contribution in [3.05, 3.63) is 131 Å². The Hall–Kier alpha value is -5.46. The van der Waals surface area contributed by atoms with Gasteiger partial charge in [0.25, 0.3) is 0 Å². The van der Waals surface area contributed by atoms with Gasteiger partial charge in [-0.1, -0.05) is 136 Å². The molecule has 8 fully saturated rings.